The van der Waals surface area contributed by atoms with Crippen LogP contribution in [0.4, 0.5) is 10.7 Å². The van der Waals surface area contributed by atoms with Gasteiger partial charge in [0.1, 0.15) is 21.9 Å². The number of aromatic amines is 1. The van der Waals surface area contributed by atoms with Crippen molar-refractivity contribution < 1.29 is 9.53 Å². The Balaban J connectivity index is 1.39. The van der Waals surface area contributed by atoms with Crippen molar-refractivity contribution in [3.8, 4) is 22.0 Å². The molecule has 0 radical (unpaired) electrons. The van der Waals surface area contributed by atoms with Crippen LogP contribution in [0.2, 0.25) is 0 Å². The second kappa shape index (κ2) is 9.41. The van der Waals surface area contributed by atoms with Crippen LogP contribution >= 0.6 is 11.3 Å². The highest BCUT2D eigenvalue weighted by molar-refractivity contribution is 7.13. The maximum atomic E-state index is 12.8. The molecule has 1 amide bonds. The van der Waals surface area contributed by atoms with Crippen LogP contribution in [0, 0.1) is 12.3 Å². The molecule has 2 N–H and O–H groups in total. The number of aryl methyl sites for hydroxylation is 1. The molecule has 4 aromatic heterocycles. The summed E-state index contributed by atoms with van der Waals surface area (Å²) in [5.74, 6) is 0.536. The van der Waals surface area contributed by atoms with Gasteiger partial charge in [-0.25, -0.2) is 24.7 Å². The fraction of sp³-hybridized carbons (Fsp3) is 0.444. The van der Waals surface area contributed by atoms with E-state index in [1.54, 1.807) is 22.4 Å². The molecule has 1 aliphatic rings. The van der Waals surface area contributed by atoms with Gasteiger partial charge in [-0.05, 0) is 57.2 Å². The van der Waals surface area contributed by atoms with Crippen LogP contribution in [-0.4, -0.2) is 60.6 Å². The van der Waals surface area contributed by atoms with Gasteiger partial charge in [0.05, 0.1) is 5.69 Å². The zero-order valence-electron chi connectivity index (χ0n) is 22.1. The first-order valence-corrected chi connectivity index (χ1v) is 13.3. The Labute approximate surface area is 220 Å². The van der Waals surface area contributed by atoms with Crippen molar-refractivity contribution in [2.24, 2.45) is 5.41 Å². The molecule has 5 heterocycles. The molecule has 1 aliphatic heterocycles. The first-order chi connectivity index (χ1) is 17.5. The molecule has 1 atom stereocenters. The predicted molar refractivity (Wildman–Crippen MR) is 147 cm³/mol. The van der Waals surface area contributed by atoms with Gasteiger partial charge in [-0.3, -0.25) is 0 Å². The predicted octanol–water partition coefficient (Wildman–Crippen LogP) is 5.90. The molecule has 0 aliphatic carbocycles. The maximum Gasteiger partial charge on any atom is 0.410 e. The molecule has 194 valence electrons. The van der Waals surface area contributed by atoms with E-state index in [9.17, 15) is 4.79 Å². The lowest BCUT2D eigenvalue weighted by molar-refractivity contribution is 0.00710. The highest BCUT2D eigenvalue weighted by atomic mass is 32.1. The number of carbonyl (C=O) groups excluding carboxylic acids is 1. The summed E-state index contributed by atoms with van der Waals surface area (Å²) >= 11 is 1.56. The number of nitrogens with one attached hydrogen (secondary N) is 2. The summed E-state index contributed by atoms with van der Waals surface area (Å²) in [6.45, 7) is 13.2. The highest BCUT2D eigenvalue weighted by Gasteiger charge is 2.37. The Bertz CT molecular complexity index is 1420. The van der Waals surface area contributed by atoms with Crippen LogP contribution in [-0.2, 0) is 4.74 Å². The van der Waals surface area contributed by atoms with Gasteiger partial charge in [0.15, 0.2) is 0 Å². The van der Waals surface area contributed by atoms with E-state index < -0.39 is 5.60 Å². The quantitative estimate of drug-likeness (QED) is 0.345. The maximum absolute atomic E-state index is 12.8. The third-order valence-electron chi connectivity index (χ3n) is 6.26. The summed E-state index contributed by atoms with van der Waals surface area (Å²) in [7, 11) is 0. The van der Waals surface area contributed by atoms with Gasteiger partial charge in [0, 0.05) is 54.1 Å². The van der Waals surface area contributed by atoms with E-state index >= 15 is 0 Å². The molecular weight excluding hydrogens is 486 g/mol. The Morgan fingerprint density at radius 3 is 2.78 bits per heavy atom. The van der Waals surface area contributed by atoms with E-state index in [2.05, 4.69) is 40.2 Å². The molecule has 0 spiro atoms. The molecule has 1 fully saturated rings. The summed E-state index contributed by atoms with van der Waals surface area (Å²) in [5, 5.41) is 7.31. The first kappa shape index (κ1) is 25.1. The number of H-pyrrole nitrogens is 1. The number of hydrogen-bond donors (Lipinski definition) is 2. The third kappa shape index (κ3) is 5.58. The normalized spacial score (nSPS) is 17.7. The topological polar surface area (TPSA) is 109 Å². The highest BCUT2D eigenvalue weighted by Crippen LogP contribution is 2.33. The third-order valence-corrected chi connectivity index (χ3v) is 7.06. The number of pyridine rings is 1. The zero-order chi connectivity index (χ0) is 26.4. The molecule has 0 saturated carbocycles. The number of rotatable bonds is 4. The van der Waals surface area contributed by atoms with Gasteiger partial charge in [0.2, 0.25) is 5.95 Å². The lowest BCUT2D eigenvalue weighted by Gasteiger charge is -2.42. The molecule has 0 bridgehead atoms. The molecule has 0 unspecified atom stereocenters. The van der Waals surface area contributed by atoms with E-state index in [1.165, 1.54) is 0 Å². The van der Waals surface area contributed by atoms with Crippen LogP contribution in [0.25, 0.3) is 33.0 Å². The van der Waals surface area contributed by atoms with Crippen LogP contribution in [0.5, 0.6) is 0 Å². The zero-order valence-corrected chi connectivity index (χ0v) is 22.9. The SMILES string of the molecule is Cc1cnc(N[C@@H]2CN(C(=O)OC(C)(C)C)CC(C)(C)C2)nc1-c1c[nH]c2nc(-c3nccs3)ccc12. The number of aromatic nitrogens is 5. The first-order valence-electron chi connectivity index (χ1n) is 12.4. The van der Waals surface area contributed by atoms with Gasteiger partial charge in [-0.1, -0.05) is 13.8 Å². The lowest BCUT2D eigenvalue weighted by atomic mass is 9.82. The number of carbonyl (C=O) groups is 1. The van der Waals surface area contributed by atoms with Gasteiger partial charge in [-0.2, -0.15) is 0 Å². The molecule has 1 saturated heterocycles. The Morgan fingerprint density at radius 2 is 2.05 bits per heavy atom. The molecule has 37 heavy (non-hydrogen) atoms. The minimum atomic E-state index is -0.536. The second-order valence-electron chi connectivity index (χ2n) is 11.4. The van der Waals surface area contributed by atoms with Gasteiger partial charge >= 0.3 is 6.09 Å². The Kier molecular flexibility index (Phi) is 6.39. The summed E-state index contributed by atoms with van der Waals surface area (Å²) in [6, 6.07) is 4.04. The molecule has 4 aromatic rings. The smallest absolute Gasteiger partial charge is 0.410 e. The number of ether oxygens (including phenoxy) is 1. The minimum absolute atomic E-state index is 0.00249. The number of hydrogen-bond acceptors (Lipinski definition) is 8. The average molecular weight is 520 g/mol. The summed E-state index contributed by atoms with van der Waals surface area (Å²) in [5.41, 5.74) is 3.80. The van der Waals surface area contributed by atoms with E-state index in [4.69, 9.17) is 14.7 Å². The van der Waals surface area contributed by atoms with E-state index in [-0.39, 0.29) is 17.6 Å². The van der Waals surface area contributed by atoms with Crippen LogP contribution in [0.15, 0.2) is 36.1 Å². The van der Waals surface area contributed by atoms with Crippen LogP contribution in [0.1, 0.15) is 46.6 Å². The monoisotopic (exact) mass is 519 g/mol. The van der Waals surface area contributed by atoms with Gasteiger partial charge < -0.3 is 19.9 Å². The van der Waals surface area contributed by atoms with Gasteiger partial charge in [0.25, 0.3) is 0 Å². The van der Waals surface area contributed by atoms with Crippen molar-refractivity contribution in [1.82, 2.24) is 29.8 Å². The molecule has 10 heteroatoms. The second-order valence-corrected chi connectivity index (χ2v) is 12.3. The largest absolute Gasteiger partial charge is 0.444 e. The van der Waals surface area contributed by atoms with Gasteiger partial charge in [-0.15, -0.1) is 11.3 Å². The number of amides is 1. The fourth-order valence-electron chi connectivity index (χ4n) is 4.84. The summed E-state index contributed by atoms with van der Waals surface area (Å²) in [6.07, 6.45) is 6.15. The minimum Gasteiger partial charge on any atom is -0.444 e. The fourth-order valence-corrected chi connectivity index (χ4v) is 5.45. The van der Waals surface area contributed by atoms with Crippen molar-refractivity contribution in [3.05, 3.63) is 41.7 Å². The number of likely N-dealkylation sites (tertiary alicyclic amines) is 1. The van der Waals surface area contributed by atoms with Crippen molar-refractivity contribution in [3.63, 3.8) is 0 Å². The Morgan fingerprint density at radius 1 is 1.24 bits per heavy atom. The van der Waals surface area contributed by atoms with E-state index in [0.29, 0.717) is 19.0 Å². The average Bonchev–Trinajstić information content (AvgIpc) is 3.48. The van der Waals surface area contributed by atoms with E-state index in [0.717, 1.165) is 45.0 Å². The summed E-state index contributed by atoms with van der Waals surface area (Å²) in [4.78, 5) is 36.5. The molecule has 5 rings (SSSR count). The van der Waals surface area contributed by atoms with Crippen molar-refractivity contribution in [1.29, 1.82) is 0 Å². The standard InChI is InChI=1S/C27H33N7O2S/c1-16-12-30-24(31-17-11-27(5,6)15-34(14-17)25(35)36-26(2,3)4)33-21(16)19-13-29-22-18(19)7-8-20(32-22)23-28-9-10-37-23/h7-10,12-13,17H,11,14-15H2,1-6H3,(H,29,32)(H,30,31,33)/t17-/m0/s1. The molecular formula is C27H33N7O2S. The number of piperidine rings is 1. The molecule has 0 aromatic carbocycles. The van der Waals surface area contributed by atoms with Crippen molar-refractivity contribution in [2.45, 2.75) is 59.6 Å². The van der Waals surface area contributed by atoms with Crippen LogP contribution < -0.4 is 5.32 Å². The van der Waals surface area contributed by atoms with E-state index in [1.807, 2.05) is 51.5 Å². The van der Waals surface area contributed by atoms with Crippen molar-refractivity contribution >= 4 is 34.4 Å². The number of fused-ring (bicyclic) bond motifs is 1. The van der Waals surface area contributed by atoms with Crippen LogP contribution in [0.3, 0.4) is 0 Å². The summed E-state index contributed by atoms with van der Waals surface area (Å²) < 4.78 is 5.64. The number of nitrogens with zero attached hydrogens (tertiary/aromatic N) is 5. The Hall–Kier alpha value is -3.53. The number of anilines is 1. The number of thiazole rings is 1. The molecule has 9 nitrogen and oxygen atoms in total. The van der Waals surface area contributed by atoms with Crippen molar-refractivity contribution in [2.75, 3.05) is 18.4 Å². The lowest BCUT2D eigenvalue weighted by Crippen LogP contribution is -2.53.